The van der Waals surface area contributed by atoms with Crippen molar-refractivity contribution in [2.24, 2.45) is 17.8 Å². The molecule has 3 aromatic carbocycles. The van der Waals surface area contributed by atoms with E-state index in [1.807, 2.05) is 42.5 Å². The van der Waals surface area contributed by atoms with Crippen molar-refractivity contribution in [3.63, 3.8) is 0 Å². The van der Waals surface area contributed by atoms with Crippen LogP contribution in [0.3, 0.4) is 0 Å². The number of hydrogen-bond acceptors (Lipinski definition) is 5. The molecule has 0 bridgehead atoms. The van der Waals surface area contributed by atoms with Crippen molar-refractivity contribution in [2.45, 2.75) is 46.1 Å². The number of rotatable bonds is 8. The summed E-state index contributed by atoms with van der Waals surface area (Å²) in [5.74, 6) is -0.382. The number of carbonyl (C=O) groups excluding carboxylic acids is 3. The molecule has 4 rings (SSSR count). The molecule has 1 saturated carbocycles. The molecule has 0 heterocycles. The molecule has 0 unspecified atom stereocenters. The van der Waals surface area contributed by atoms with Gasteiger partial charge in [-0.2, -0.15) is 0 Å². The topological polar surface area (TPSA) is 69.7 Å². The molecule has 5 nitrogen and oxygen atoms in total. The van der Waals surface area contributed by atoms with Crippen molar-refractivity contribution in [1.82, 2.24) is 0 Å². The van der Waals surface area contributed by atoms with Crippen LogP contribution >= 0.6 is 0 Å². The first kappa shape index (κ1) is 26.3. The van der Waals surface area contributed by atoms with Crippen LogP contribution in [0.2, 0.25) is 0 Å². The van der Waals surface area contributed by atoms with Crippen LogP contribution in [0.25, 0.3) is 11.1 Å². The molecule has 0 spiro atoms. The molecule has 5 heteroatoms. The van der Waals surface area contributed by atoms with Gasteiger partial charge in [0.25, 0.3) is 0 Å². The Hall–Kier alpha value is -3.73. The Morgan fingerprint density at radius 1 is 0.784 bits per heavy atom. The van der Waals surface area contributed by atoms with E-state index in [4.69, 9.17) is 9.47 Å². The molecule has 3 aromatic rings. The van der Waals surface area contributed by atoms with Crippen LogP contribution < -0.4 is 0 Å². The van der Waals surface area contributed by atoms with Gasteiger partial charge in [0.1, 0.15) is 6.10 Å². The van der Waals surface area contributed by atoms with Crippen LogP contribution in [0.4, 0.5) is 0 Å². The smallest absolute Gasteiger partial charge is 0.339 e. The SMILES string of the molecule is CC(C)[C@H]1CC[C@@H](C)C[C@@H]1OC(=O)c1ccccc1C(=O)OCC(=O)c1ccc(-c2ccccc2)cc1. The van der Waals surface area contributed by atoms with Gasteiger partial charge in [-0.25, -0.2) is 9.59 Å². The van der Waals surface area contributed by atoms with Crippen molar-refractivity contribution < 1.29 is 23.9 Å². The second-order valence-electron chi connectivity index (χ2n) is 10.3. The number of carbonyl (C=O) groups is 3. The highest BCUT2D eigenvalue weighted by Gasteiger charge is 2.34. The first-order valence-corrected chi connectivity index (χ1v) is 13.0. The zero-order valence-corrected chi connectivity index (χ0v) is 21.7. The Labute approximate surface area is 218 Å². The minimum absolute atomic E-state index is 0.102. The van der Waals surface area contributed by atoms with E-state index >= 15 is 0 Å². The molecular formula is C32H34O5. The number of ether oxygens (including phenoxy) is 2. The summed E-state index contributed by atoms with van der Waals surface area (Å²) in [7, 11) is 0. The molecule has 1 fully saturated rings. The third kappa shape index (κ3) is 6.53. The summed E-state index contributed by atoms with van der Waals surface area (Å²) >= 11 is 0. The molecule has 0 saturated heterocycles. The van der Waals surface area contributed by atoms with Crippen molar-refractivity contribution in [1.29, 1.82) is 0 Å². The van der Waals surface area contributed by atoms with Crippen molar-refractivity contribution in [3.05, 3.63) is 95.6 Å². The number of hydrogen-bond donors (Lipinski definition) is 0. The lowest BCUT2D eigenvalue weighted by molar-refractivity contribution is -0.0176. The zero-order chi connectivity index (χ0) is 26.4. The average Bonchev–Trinajstić information content (AvgIpc) is 2.92. The third-order valence-corrected chi connectivity index (χ3v) is 7.23. The normalized spacial score (nSPS) is 19.3. The van der Waals surface area contributed by atoms with Gasteiger partial charge in [0.15, 0.2) is 12.4 Å². The van der Waals surface area contributed by atoms with Crippen LogP contribution in [-0.2, 0) is 9.47 Å². The zero-order valence-electron chi connectivity index (χ0n) is 21.7. The molecule has 192 valence electrons. The maximum Gasteiger partial charge on any atom is 0.339 e. The summed E-state index contributed by atoms with van der Waals surface area (Å²) in [5.41, 5.74) is 2.76. The van der Waals surface area contributed by atoms with Crippen LogP contribution in [0.15, 0.2) is 78.9 Å². The number of esters is 2. The molecule has 0 aliphatic heterocycles. The van der Waals surface area contributed by atoms with E-state index in [2.05, 4.69) is 20.8 Å². The van der Waals surface area contributed by atoms with E-state index in [9.17, 15) is 14.4 Å². The molecule has 1 aliphatic rings. The summed E-state index contributed by atoms with van der Waals surface area (Å²) < 4.78 is 11.3. The Kier molecular flexibility index (Phi) is 8.54. The first-order chi connectivity index (χ1) is 17.8. The van der Waals surface area contributed by atoms with Crippen LogP contribution in [-0.4, -0.2) is 30.4 Å². The lowest BCUT2D eigenvalue weighted by atomic mass is 9.75. The minimum atomic E-state index is -0.723. The molecular weight excluding hydrogens is 464 g/mol. The molecule has 3 atom stereocenters. The number of Topliss-reactive ketones (excluding diaryl/α,β-unsaturated/α-hetero) is 1. The molecule has 0 aromatic heterocycles. The molecule has 0 N–H and O–H groups in total. The summed E-state index contributed by atoms with van der Waals surface area (Å²) in [6, 6.07) is 23.5. The van der Waals surface area contributed by atoms with E-state index in [1.54, 1.807) is 30.3 Å². The summed E-state index contributed by atoms with van der Waals surface area (Å²) in [6.07, 6.45) is 2.79. The van der Waals surface area contributed by atoms with Crippen LogP contribution in [0.5, 0.6) is 0 Å². The number of ketones is 1. The van der Waals surface area contributed by atoms with Crippen molar-refractivity contribution in [3.8, 4) is 11.1 Å². The van der Waals surface area contributed by atoms with Gasteiger partial charge in [0, 0.05) is 5.56 Å². The Balaban J connectivity index is 1.40. The van der Waals surface area contributed by atoms with E-state index in [0.29, 0.717) is 23.3 Å². The number of benzene rings is 3. The fraction of sp³-hybridized carbons (Fsp3) is 0.344. The second kappa shape index (κ2) is 12.0. The van der Waals surface area contributed by atoms with Crippen molar-refractivity contribution >= 4 is 17.7 Å². The Morgan fingerprint density at radius 3 is 2.03 bits per heavy atom. The second-order valence-corrected chi connectivity index (χ2v) is 10.3. The predicted molar refractivity (Wildman–Crippen MR) is 143 cm³/mol. The highest BCUT2D eigenvalue weighted by atomic mass is 16.5. The summed E-state index contributed by atoms with van der Waals surface area (Å²) in [4.78, 5) is 38.7. The lowest BCUT2D eigenvalue weighted by Gasteiger charge is -2.36. The average molecular weight is 499 g/mol. The van der Waals surface area contributed by atoms with Gasteiger partial charge in [0.05, 0.1) is 11.1 Å². The predicted octanol–water partition coefficient (Wildman–Crippen LogP) is 7.01. The van der Waals surface area contributed by atoms with Gasteiger partial charge >= 0.3 is 11.9 Å². The van der Waals surface area contributed by atoms with E-state index < -0.39 is 18.5 Å². The quantitative estimate of drug-likeness (QED) is 0.247. The summed E-state index contributed by atoms with van der Waals surface area (Å²) in [6.45, 7) is 6.06. The maximum absolute atomic E-state index is 13.1. The largest absolute Gasteiger partial charge is 0.458 e. The molecule has 1 aliphatic carbocycles. The Morgan fingerprint density at radius 2 is 1.38 bits per heavy atom. The summed E-state index contributed by atoms with van der Waals surface area (Å²) in [5, 5.41) is 0. The third-order valence-electron chi connectivity index (χ3n) is 7.23. The fourth-order valence-electron chi connectivity index (χ4n) is 5.06. The van der Waals surface area contributed by atoms with Gasteiger partial charge < -0.3 is 9.47 Å². The Bertz CT molecular complexity index is 1230. The van der Waals surface area contributed by atoms with E-state index in [1.165, 1.54) is 6.07 Å². The van der Waals surface area contributed by atoms with Gasteiger partial charge in [-0.05, 0) is 53.9 Å². The standard InChI is InChI=1S/C32H34O5/c1-21(2)26-18-13-22(3)19-30(26)37-32(35)28-12-8-7-11-27(28)31(34)36-20-29(33)25-16-14-24(15-17-25)23-9-5-4-6-10-23/h4-12,14-17,21-22,26,30H,13,18-20H2,1-3H3/t22-,26-,30+/m1/s1. The van der Waals surface area contributed by atoms with Gasteiger partial charge in [0.2, 0.25) is 0 Å². The maximum atomic E-state index is 13.1. The first-order valence-electron chi connectivity index (χ1n) is 13.0. The highest BCUT2D eigenvalue weighted by Crippen LogP contribution is 2.36. The molecule has 37 heavy (non-hydrogen) atoms. The monoisotopic (exact) mass is 498 g/mol. The van der Waals surface area contributed by atoms with E-state index in [-0.39, 0.29) is 23.0 Å². The van der Waals surface area contributed by atoms with E-state index in [0.717, 1.165) is 30.4 Å². The minimum Gasteiger partial charge on any atom is -0.458 e. The lowest BCUT2D eigenvalue weighted by Crippen LogP contribution is -2.36. The van der Waals surface area contributed by atoms with Crippen LogP contribution in [0, 0.1) is 17.8 Å². The van der Waals surface area contributed by atoms with Gasteiger partial charge in [-0.15, -0.1) is 0 Å². The van der Waals surface area contributed by atoms with Crippen molar-refractivity contribution in [2.75, 3.05) is 6.61 Å². The molecule has 0 amide bonds. The highest BCUT2D eigenvalue weighted by molar-refractivity contribution is 6.04. The van der Waals surface area contributed by atoms with Gasteiger partial charge in [-0.3, -0.25) is 4.79 Å². The fourth-order valence-corrected chi connectivity index (χ4v) is 5.06. The van der Waals surface area contributed by atoms with Gasteiger partial charge in [-0.1, -0.05) is 93.9 Å². The molecule has 0 radical (unpaired) electrons. The van der Waals surface area contributed by atoms with Crippen LogP contribution in [0.1, 0.15) is 71.1 Å².